The second-order valence-electron chi connectivity index (χ2n) is 6.05. The molecule has 1 saturated carbocycles. The number of carbonyl (C=O) groups excluding carboxylic acids is 1. The summed E-state index contributed by atoms with van der Waals surface area (Å²) in [7, 11) is 3.82. The van der Waals surface area contributed by atoms with Crippen LogP contribution < -0.4 is 10.2 Å². The molecule has 23 heavy (non-hydrogen) atoms. The van der Waals surface area contributed by atoms with Gasteiger partial charge in [-0.15, -0.1) is 0 Å². The van der Waals surface area contributed by atoms with Crippen LogP contribution in [0.25, 0.3) is 0 Å². The molecule has 0 unspecified atom stereocenters. The minimum Gasteiger partial charge on any atom is -0.480 e. The summed E-state index contributed by atoms with van der Waals surface area (Å²) >= 11 is 0. The summed E-state index contributed by atoms with van der Waals surface area (Å²) < 4.78 is 0. The molecule has 1 aliphatic carbocycles. The topological polar surface area (TPSA) is 85.8 Å². The molecule has 2 N–H and O–H groups in total. The third kappa shape index (κ3) is 4.41. The number of carbonyl (C=O) groups is 2. The summed E-state index contributed by atoms with van der Waals surface area (Å²) in [6, 6.07) is 3.91. The van der Waals surface area contributed by atoms with Crippen LogP contribution in [0.4, 0.5) is 5.69 Å². The molecule has 1 aromatic heterocycles. The predicted molar refractivity (Wildman–Crippen MR) is 87.7 cm³/mol. The van der Waals surface area contributed by atoms with E-state index in [1.54, 1.807) is 12.3 Å². The first-order valence-corrected chi connectivity index (χ1v) is 7.80. The Morgan fingerprint density at radius 3 is 2.65 bits per heavy atom. The molecule has 0 atom stereocenters. The van der Waals surface area contributed by atoms with E-state index in [1.165, 1.54) is 0 Å². The highest BCUT2D eigenvalue weighted by molar-refractivity contribution is 5.93. The Labute approximate surface area is 136 Å². The maximum absolute atomic E-state index is 12.2. The molecule has 126 valence electrons. The lowest BCUT2D eigenvalue weighted by molar-refractivity contribution is -0.139. The Hall–Kier alpha value is -2.15. The lowest BCUT2D eigenvalue weighted by atomic mass is 9.85. The van der Waals surface area contributed by atoms with Crippen LogP contribution in [0.5, 0.6) is 0 Å². The van der Waals surface area contributed by atoms with Crippen LogP contribution in [0.2, 0.25) is 0 Å². The molecule has 0 bridgehead atoms. The molecule has 1 aliphatic rings. The van der Waals surface area contributed by atoms with Crippen LogP contribution in [0, 0.1) is 0 Å². The highest BCUT2D eigenvalue weighted by Gasteiger charge is 2.34. The smallest absolute Gasteiger partial charge is 0.317 e. The number of hydrogen-bond donors (Lipinski definition) is 2. The van der Waals surface area contributed by atoms with Gasteiger partial charge in [-0.1, -0.05) is 6.92 Å². The van der Waals surface area contributed by atoms with Gasteiger partial charge in [0.25, 0.3) is 5.91 Å². The van der Waals surface area contributed by atoms with Gasteiger partial charge in [-0.3, -0.25) is 19.5 Å². The molecule has 2 rings (SSSR count). The van der Waals surface area contributed by atoms with E-state index in [9.17, 15) is 9.59 Å². The van der Waals surface area contributed by atoms with Gasteiger partial charge in [-0.05, 0) is 31.5 Å². The Morgan fingerprint density at radius 2 is 2.09 bits per heavy atom. The van der Waals surface area contributed by atoms with E-state index in [2.05, 4.69) is 10.3 Å². The first-order valence-electron chi connectivity index (χ1n) is 7.80. The number of nitrogens with zero attached hydrogens (tertiary/aromatic N) is 3. The Morgan fingerprint density at radius 1 is 1.39 bits per heavy atom. The number of aromatic nitrogens is 1. The SMILES string of the molecule is CCN(CC(=O)O)C1CC(NC(=O)c2cc(N(C)C)ccn2)C1. The van der Waals surface area contributed by atoms with Crippen LogP contribution in [-0.4, -0.2) is 66.1 Å². The zero-order valence-electron chi connectivity index (χ0n) is 13.8. The monoisotopic (exact) mass is 320 g/mol. The maximum Gasteiger partial charge on any atom is 0.317 e. The highest BCUT2D eigenvalue weighted by Crippen LogP contribution is 2.26. The molecule has 7 heteroatoms. The van der Waals surface area contributed by atoms with E-state index in [0.717, 1.165) is 18.5 Å². The lowest BCUT2D eigenvalue weighted by Gasteiger charge is -2.42. The minimum absolute atomic E-state index is 0.0499. The van der Waals surface area contributed by atoms with Gasteiger partial charge in [0.2, 0.25) is 0 Å². The van der Waals surface area contributed by atoms with E-state index < -0.39 is 5.97 Å². The van der Waals surface area contributed by atoms with Crippen LogP contribution in [0.1, 0.15) is 30.3 Å². The van der Waals surface area contributed by atoms with Crippen molar-refractivity contribution in [3.05, 3.63) is 24.0 Å². The Kier molecular flexibility index (Phi) is 5.54. The Bertz CT molecular complexity index is 570. The fraction of sp³-hybridized carbons (Fsp3) is 0.562. The third-order valence-corrected chi connectivity index (χ3v) is 4.20. The van der Waals surface area contributed by atoms with Gasteiger partial charge in [0.1, 0.15) is 5.69 Å². The number of carboxylic acid groups (broad SMARTS) is 1. The van der Waals surface area contributed by atoms with Gasteiger partial charge in [0, 0.05) is 38.1 Å². The van der Waals surface area contributed by atoms with E-state index >= 15 is 0 Å². The van der Waals surface area contributed by atoms with Gasteiger partial charge in [0.15, 0.2) is 0 Å². The normalized spacial score (nSPS) is 20.0. The van der Waals surface area contributed by atoms with Crippen molar-refractivity contribution >= 4 is 17.6 Å². The molecule has 0 radical (unpaired) electrons. The number of aliphatic carboxylic acids is 1. The standard InChI is InChI=1S/C16H24N4O3/c1-4-20(10-15(21)22)13-7-11(8-13)18-16(23)14-9-12(19(2)3)5-6-17-14/h5-6,9,11,13H,4,7-8,10H2,1-3H3,(H,18,23)(H,21,22). The second kappa shape index (κ2) is 7.41. The summed E-state index contributed by atoms with van der Waals surface area (Å²) in [5.74, 6) is -0.998. The van der Waals surface area contributed by atoms with Gasteiger partial charge < -0.3 is 15.3 Å². The van der Waals surface area contributed by atoms with Crippen molar-refractivity contribution in [3.63, 3.8) is 0 Å². The number of carboxylic acids is 1. The Balaban J connectivity index is 1.86. The molecule has 0 saturated heterocycles. The van der Waals surface area contributed by atoms with Gasteiger partial charge >= 0.3 is 5.97 Å². The van der Waals surface area contributed by atoms with Crippen molar-refractivity contribution in [1.82, 2.24) is 15.2 Å². The van der Waals surface area contributed by atoms with Crippen molar-refractivity contribution in [1.29, 1.82) is 0 Å². The van der Waals surface area contributed by atoms with E-state index in [4.69, 9.17) is 5.11 Å². The molecule has 0 aromatic carbocycles. The summed E-state index contributed by atoms with van der Waals surface area (Å²) in [4.78, 5) is 31.0. The van der Waals surface area contributed by atoms with Crippen molar-refractivity contribution in [3.8, 4) is 0 Å². The first-order chi connectivity index (χ1) is 10.9. The molecule has 0 aliphatic heterocycles. The quantitative estimate of drug-likeness (QED) is 0.773. The molecule has 0 spiro atoms. The molecular formula is C16H24N4O3. The van der Waals surface area contributed by atoms with Crippen LogP contribution >= 0.6 is 0 Å². The fourth-order valence-electron chi connectivity index (χ4n) is 2.76. The maximum atomic E-state index is 12.2. The highest BCUT2D eigenvalue weighted by atomic mass is 16.4. The summed E-state index contributed by atoms with van der Waals surface area (Å²) in [6.45, 7) is 2.70. The van der Waals surface area contributed by atoms with E-state index in [0.29, 0.717) is 12.2 Å². The number of likely N-dealkylation sites (N-methyl/N-ethyl adjacent to an activating group) is 1. The second-order valence-corrected chi connectivity index (χ2v) is 6.05. The zero-order valence-corrected chi connectivity index (χ0v) is 13.8. The first kappa shape index (κ1) is 17.2. The molecule has 7 nitrogen and oxygen atoms in total. The zero-order chi connectivity index (χ0) is 17.0. The van der Waals surface area contributed by atoms with Crippen molar-refractivity contribution < 1.29 is 14.7 Å². The third-order valence-electron chi connectivity index (χ3n) is 4.20. The van der Waals surface area contributed by atoms with Crippen molar-refractivity contribution in [2.75, 3.05) is 32.1 Å². The van der Waals surface area contributed by atoms with E-state index in [1.807, 2.05) is 36.9 Å². The average molecular weight is 320 g/mol. The van der Waals surface area contributed by atoms with E-state index in [-0.39, 0.29) is 24.5 Å². The molecule has 1 heterocycles. The number of nitrogens with one attached hydrogen (secondary N) is 1. The number of rotatable bonds is 7. The number of pyridine rings is 1. The summed E-state index contributed by atoms with van der Waals surface area (Å²) in [5, 5.41) is 11.9. The molecular weight excluding hydrogens is 296 g/mol. The van der Waals surface area contributed by atoms with Crippen LogP contribution in [0.3, 0.4) is 0 Å². The minimum atomic E-state index is -0.816. The van der Waals surface area contributed by atoms with Gasteiger partial charge in [0.05, 0.1) is 6.54 Å². The van der Waals surface area contributed by atoms with Crippen molar-refractivity contribution in [2.45, 2.75) is 31.8 Å². The molecule has 1 fully saturated rings. The summed E-state index contributed by atoms with van der Waals surface area (Å²) in [6.07, 6.45) is 3.18. The van der Waals surface area contributed by atoms with Crippen LogP contribution in [0.15, 0.2) is 18.3 Å². The summed E-state index contributed by atoms with van der Waals surface area (Å²) in [5.41, 5.74) is 1.33. The lowest BCUT2D eigenvalue weighted by Crippen LogP contribution is -2.54. The fourth-order valence-corrected chi connectivity index (χ4v) is 2.76. The van der Waals surface area contributed by atoms with Crippen LogP contribution in [-0.2, 0) is 4.79 Å². The molecule has 1 aromatic rings. The van der Waals surface area contributed by atoms with Gasteiger partial charge in [-0.25, -0.2) is 0 Å². The number of anilines is 1. The molecule has 1 amide bonds. The average Bonchev–Trinajstić information content (AvgIpc) is 2.48. The predicted octanol–water partition coefficient (Wildman–Crippen LogP) is 0.815. The van der Waals surface area contributed by atoms with Crippen molar-refractivity contribution in [2.24, 2.45) is 0 Å². The number of amides is 1. The number of hydrogen-bond acceptors (Lipinski definition) is 5. The largest absolute Gasteiger partial charge is 0.480 e. The van der Waals surface area contributed by atoms with Gasteiger partial charge in [-0.2, -0.15) is 0 Å².